The normalized spacial score (nSPS) is 14.5. The van der Waals surface area contributed by atoms with E-state index >= 15 is 0 Å². The highest BCUT2D eigenvalue weighted by Crippen LogP contribution is 2.44. The van der Waals surface area contributed by atoms with Crippen LogP contribution in [0.3, 0.4) is 0 Å². The zero-order chi connectivity index (χ0) is 12.3. The van der Waals surface area contributed by atoms with E-state index in [1.807, 2.05) is 48.7 Å². The van der Waals surface area contributed by atoms with Gasteiger partial charge >= 0.3 is 0 Å². The van der Waals surface area contributed by atoms with Gasteiger partial charge in [0.2, 0.25) is 0 Å². The largest absolute Gasteiger partial charge is 0.347 e. The summed E-state index contributed by atoms with van der Waals surface area (Å²) < 4.78 is 3.86. The minimum atomic E-state index is -1.25. The van der Waals surface area contributed by atoms with Crippen LogP contribution in [0.5, 0.6) is 0 Å². The van der Waals surface area contributed by atoms with Gasteiger partial charge in [-0.05, 0) is 40.6 Å². The highest BCUT2D eigenvalue weighted by Gasteiger charge is 2.31. The summed E-state index contributed by atoms with van der Waals surface area (Å²) in [6.45, 7) is 4.24. The van der Waals surface area contributed by atoms with Crippen LogP contribution in [0.1, 0.15) is 19.4 Å². The van der Waals surface area contributed by atoms with Crippen LogP contribution in [0.15, 0.2) is 30.3 Å². The van der Waals surface area contributed by atoms with Crippen LogP contribution in [0.25, 0.3) is 0 Å². The van der Waals surface area contributed by atoms with Gasteiger partial charge in [0.15, 0.2) is 8.45 Å². The molecule has 3 nitrogen and oxygen atoms in total. The lowest BCUT2D eigenvalue weighted by Gasteiger charge is -2.40. The molecule has 0 saturated heterocycles. The van der Waals surface area contributed by atoms with Crippen molar-refractivity contribution in [3.05, 3.63) is 35.9 Å². The number of hydrogen-bond acceptors (Lipinski definition) is 3. The Bertz CT molecular complexity index is 327. The van der Waals surface area contributed by atoms with E-state index in [1.54, 1.807) is 0 Å². The Hall–Kier alpha value is -0.470. The standard InChI is InChI=1S/C12H21N2OP/c1-12(2,11-9-7-6-8-10-11)14(5)16(15)13(3)4/h6-10,15H,1-5H3. The molecule has 1 rings (SSSR count). The minimum absolute atomic E-state index is 0.175. The van der Waals surface area contributed by atoms with Gasteiger partial charge in [-0.1, -0.05) is 30.3 Å². The van der Waals surface area contributed by atoms with Crippen LogP contribution in [-0.4, -0.2) is 35.4 Å². The highest BCUT2D eigenvalue weighted by atomic mass is 31.2. The van der Waals surface area contributed by atoms with E-state index in [1.165, 1.54) is 5.56 Å². The lowest BCUT2D eigenvalue weighted by Crippen LogP contribution is -2.37. The summed E-state index contributed by atoms with van der Waals surface area (Å²) in [6.07, 6.45) is 0. The second-order valence-corrected chi connectivity index (χ2v) is 6.50. The predicted molar refractivity (Wildman–Crippen MR) is 70.1 cm³/mol. The fourth-order valence-corrected chi connectivity index (χ4v) is 2.62. The first-order chi connectivity index (χ1) is 7.37. The maximum Gasteiger partial charge on any atom is 0.185 e. The molecule has 0 aliphatic carbocycles. The van der Waals surface area contributed by atoms with Gasteiger partial charge in [0.05, 0.1) is 0 Å². The molecular formula is C12H21N2OP. The molecule has 0 saturated carbocycles. The first kappa shape index (κ1) is 13.6. The molecular weight excluding hydrogens is 219 g/mol. The van der Waals surface area contributed by atoms with Crippen molar-refractivity contribution in [1.82, 2.24) is 9.34 Å². The van der Waals surface area contributed by atoms with Crippen molar-refractivity contribution in [1.29, 1.82) is 0 Å². The molecule has 1 unspecified atom stereocenters. The van der Waals surface area contributed by atoms with E-state index in [4.69, 9.17) is 0 Å². The summed E-state index contributed by atoms with van der Waals surface area (Å²) in [7, 11) is 4.50. The zero-order valence-electron chi connectivity index (χ0n) is 10.7. The smallest absolute Gasteiger partial charge is 0.185 e. The van der Waals surface area contributed by atoms with Crippen LogP contribution >= 0.6 is 8.45 Å². The second kappa shape index (κ2) is 5.24. The summed E-state index contributed by atoms with van der Waals surface area (Å²) in [5.41, 5.74) is 1.03. The van der Waals surface area contributed by atoms with E-state index in [0.29, 0.717) is 0 Å². The molecule has 1 aromatic carbocycles. The Morgan fingerprint density at radius 2 is 1.56 bits per heavy atom. The average Bonchev–Trinajstić information content (AvgIpc) is 2.28. The van der Waals surface area contributed by atoms with E-state index in [2.05, 4.69) is 26.0 Å². The molecule has 0 heterocycles. The third-order valence-corrected chi connectivity index (χ3v) is 4.67. The van der Waals surface area contributed by atoms with E-state index < -0.39 is 8.45 Å². The fraction of sp³-hybridized carbons (Fsp3) is 0.500. The average molecular weight is 240 g/mol. The lowest BCUT2D eigenvalue weighted by molar-refractivity contribution is 0.248. The van der Waals surface area contributed by atoms with Crippen LogP contribution in [0.4, 0.5) is 0 Å². The quantitative estimate of drug-likeness (QED) is 0.820. The monoisotopic (exact) mass is 240 g/mol. The molecule has 1 aromatic rings. The predicted octanol–water partition coefficient (Wildman–Crippen LogP) is 2.63. The van der Waals surface area contributed by atoms with Gasteiger partial charge in [-0.25, -0.2) is 4.67 Å². The third-order valence-electron chi connectivity index (χ3n) is 2.92. The molecule has 0 aliphatic rings. The van der Waals surface area contributed by atoms with E-state index in [0.717, 1.165) is 0 Å². The fourth-order valence-electron chi connectivity index (χ4n) is 1.52. The van der Waals surface area contributed by atoms with E-state index in [9.17, 15) is 4.89 Å². The Morgan fingerprint density at radius 3 is 2.00 bits per heavy atom. The lowest BCUT2D eigenvalue weighted by atomic mass is 9.95. The molecule has 1 atom stereocenters. The van der Waals surface area contributed by atoms with E-state index in [-0.39, 0.29) is 5.54 Å². The molecule has 0 aromatic heterocycles. The number of nitrogens with zero attached hydrogens (tertiary/aromatic N) is 2. The summed E-state index contributed by atoms with van der Waals surface area (Å²) >= 11 is 0. The minimum Gasteiger partial charge on any atom is -0.347 e. The molecule has 0 fully saturated rings. The van der Waals surface area contributed by atoms with Gasteiger partial charge in [0.1, 0.15) is 0 Å². The van der Waals surface area contributed by atoms with Crippen molar-refractivity contribution in [3.63, 3.8) is 0 Å². The van der Waals surface area contributed by atoms with Crippen LogP contribution < -0.4 is 0 Å². The maximum atomic E-state index is 10.1. The van der Waals surface area contributed by atoms with Gasteiger partial charge in [-0.2, -0.15) is 0 Å². The first-order valence-electron chi connectivity index (χ1n) is 5.33. The van der Waals surface area contributed by atoms with Crippen molar-refractivity contribution in [2.24, 2.45) is 0 Å². The van der Waals surface area contributed by atoms with Crippen molar-refractivity contribution in [3.8, 4) is 0 Å². The first-order valence-corrected chi connectivity index (χ1v) is 6.53. The molecule has 0 radical (unpaired) electrons. The highest BCUT2D eigenvalue weighted by molar-refractivity contribution is 7.46. The molecule has 90 valence electrons. The maximum absolute atomic E-state index is 10.1. The Morgan fingerprint density at radius 1 is 1.06 bits per heavy atom. The molecule has 0 bridgehead atoms. The topological polar surface area (TPSA) is 26.7 Å². The Labute approximate surface area is 99.6 Å². The summed E-state index contributed by atoms with van der Waals surface area (Å²) in [5, 5.41) is 0. The van der Waals surface area contributed by atoms with Crippen molar-refractivity contribution >= 4 is 8.45 Å². The number of rotatable bonds is 4. The SMILES string of the molecule is CN(C)P(O)N(C)C(C)(C)c1ccccc1. The Kier molecular flexibility index (Phi) is 4.45. The van der Waals surface area contributed by atoms with Crippen LogP contribution in [0, 0.1) is 0 Å². The zero-order valence-corrected chi connectivity index (χ0v) is 11.6. The molecule has 16 heavy (non-hydrogen) atoms. The number of hydrogen-bond donors (Lipinski definition) is 1. The van der Waals surface area contributed by atoms with Crippen molar-refractivity contribution in [2.45, 2.75) is 19.4 Å². The third kappa shape index (κ3) is 2.80. The summed E-state index contributed by atoms with van der Waals surface area (Å²) in [4.78, 5) is 10.1. The van der Waals surface area contributed by atoms with Gasteiger partial charge in [0.25, 0.3) is 0 Å². The Balaban J connectivity index is 2.93. The second-order valence-electron chi connectivity index (χ2n) is 4.56. The molecule has 0 spiro atoms. The summed E-state index contributed by atoms with van der Waals surface area (Å²) in [6, 6.07) is 10.2. The van der Waals surface area contributed by atoms with Gasteiger partial charge in [-0.3, -0.25) is 4.67 Å². The van der Waals surface area contributed by atoms with Gasteiger partial charge in [0, 0.05) is 5.54 Å². The van der Waals surface area contributed by atoms with Gasteiger partial charge in [-0.15, -0.1) is 0 Å². The van der Waals surface area contributed by atoms with Crippen LogP contribution in [0.2, 0.25) is 0 Å². The molecule has 4 heteroatoms. The number of benzene rings is 1. The van der Waals surface area contributed by atoms with Crippen LogP contribution in [-0.2, 0) is 5.54 Å². The molecule has 0 amide bonds. The van der Waals surface area contributed by atoms with Crippen molar-refractivity contribution in [2.75, 3.05) is 21.1 Å². The molecule has 0 aliphatic heterocycles. The van der Waals surface area contributed by atoms with Gasteiger partial charge < -0.3 is 4.89 Å². The van der Waals surface area contributed by atoms with Crippen molar-refractivity contribution < 1.29 is 4.89 Å². The summed E-state index contributed by atoms with van der Waals surface area (Å²) in [5.74, 6) is 0. The molecule has 1 N–H and O–H groups in total.